The molecule has 0 aromatic heterocycles. The molecule has 0 bridgehead atoms. The van der Waals surface area contributed by atoms with Crippen LogP contribution in [0.25, 0.3) is 33.4 Å². The zero-order chi connectivity index (χ0) is 44.9. The standard InChI is InChI=1S/C65H49NSi/c1-44-39-49(41-51(40-44)67(50-25-11-6-12-26-50)62-33-19-15-29-56(62)57-30-16-20-34-63(57)67)66(47-35-37-54-52-27-13-17-31-58(52)64(2,60(54)42-47)45-21-7-4-8-22-45)48-36-38-55-53-28-14-18-32-59(53)65(3,61(55)43-48)46-23-9-5-10-24-46/h4-43H,1-3H3. The highest BCUT2D eigenvalue weighted by atomic mass is 28.3. The van der Waals surface area contributed by atoms with Crippen molar-refractivity contribution in [1.82, 2.24) is 0 Å². The number of hydrogen-bond acceptors (Lipinski definition) is 1. The third kappa shape index (κ3) is 5.54. The Kier molecular flexibility index (Phi) is 8.78. The highest BCUT2D eigenvalue weighted by Crippen LogP contribution is 2.56. The van der Waals surface area contributed by atoms with Crippen LogP contribution >= 0.6 is 0 Å². The number of benzene rings is 10. The minimum atomic E-state index is -2.82. The molecule has 2 atom stereocenters. The molecular formula is C65H49NSi. The maximum Gasteiger partial charge on any atom is 0.180 e. The normalized spacial score (nSPS) is 17.7. The van der Waals surface area contributed by atoms with Gasteiger partial charge in [-0.15, -0.1) is 0 Å². The molecule has 3 aliphatic rings. The van der Waals surface area contributed by atoms with E-state index < -0.39 is 8.07 Å². The zero-order valence-corrected chi connectivity index (χ0v) is 39.0. The molecule has 318 valence electrons. The van der Waals surface area contributed by atoms with Crippen molar-refractivity contribution in [3.05, 3.63) is 282 Å². The fourth-order valence-electron chi connectivity index (χ4n) is 12.7. The van der Waals surface area contributed by atoms with Crippen molar-refractivity contribution in [1.29, 1.82) is 0 Å². The van der Waals surface area contributed by atoms with Crippen LogP contribution in [-0.2, 0) is 10.8 Å². The largest absolute Gasteiger partial charge is 0.310 e. The van der Waals surface area contributed by atoms with Crippen molar-refractivity contribution in [2.75, 3.05) is 4.90 Å². The van der Waals surface area contributed by atoms with Crippen molar-refractivity contribution >= 4 is 45.9 Å². The van der Waals surface area contributed by atoms with Crippen LogP contribution in [0.2, 0.25) is 0 Å². The number of hydrogen-bond donors (Lipinski definition) is 0. The van der Waals surface area contributed by atoms with Crippen molar-refractivity contribution in [3.63, 3.8) is 0 Å². The fourth-order valence-corrected chi connectivity index (χ4v) is 18.0. The van der Waals surface area contributed by atoms with Crippen LogP contribution in [0, 0.1) is 6.92 Å². The third-order valence-electron chi connectivity index (χ3n) is 15.7. The second-order valence-corrected chi connectivity index (χ2v) is 22.9. The number of fused-ring (bicyclic) bond motifs is 9. The van der Waals surface area contributed by atoms with E-state index in [1.165, 1.54) is 93.1 Å². The monoisotopic (exact) mass is 871 g/mol. The Labute approximate surface area is 395 Å². The highest BCUT2D eigenvalue weighted by molar-refractivity contribution is 7.22. The van der Waals surface area contributed by atoms with Gasteiger partial charge in [0.15, 0.2) is 8.07 Å². The molecule has 2 unspecified atom stereocenters. The Bertz CT molecular complexity index is 3390. The van der Waals surface area contributed by atoms with E-state index in [1.54, 1.807) is 0 Å². The maximum atomic E-state index is 2.57. The van der Waals surface area contributed by atoms with E-state index in [0.29, 0.717) is 0 Å². The number of anilines is 3. The molecule has 1 heterocycles. The molecular weight excluding hydrogens is 823 g/mol. The Morgan fingerprint density at radius 2 is 0.716 bits per heavy atom. The fraction of sp³-hybridized carbons (Fsp3) is 0.0769. The lowest BCUT2D eigenvalue weighted by Gasteiger charge is -2.35. The zero-order valence-electron chi connectivity index (χ0n) is 38.0. The van der Waals surface area contributed by atoms with Crippen molar-refractivity contribution in [2.24, 2.45) is 0 Å². The van der Waals surface area contributed by atoms with Gasteiger partial charge in [-0.3, -0.25) is 0 Å². The molecule has 0 N–H and O–H groups in total. The molecule has 13 rings (SSSR count). The van der Waals surface area contributed by atoms with Gasteiger partial charge in [-0.05, 0) is 150 Å². The van der Waals surface area contributed by atoms with Crippen LogP contribution in [0.4, 0.5) is 17.1 Å². The van der Waals surface area contributed by atoms with Crippen LogP contribution in [0.5, 0.6) is 0 Å². The quantitative estimate of drug-likeness (QED) is 0.144. The lowest BCUT2D eigenvalue weighted by atomic mass is 9.74. The summed E-state index contributed by atoms with van der Waals surface area (Å²) < 4.78 is 0. The van der Waals surface area contributed by atoms with Crippen LogP contribution in [0.1, 0.15) is 52.8 Å². The lowest BCUT2D eigenvalue weighted by Crippen LogP contribution is -2.72. The van der Waals surface area contributed by atoms with E-state index >= 15 is 0 Å². The van der Waals surface area contributed by atoms with E-state index in [4.69, 9.17) is 0 Å². The molecule has 0 amide bonds. The van der Waals surface area contributed by atoms with E-state index in [1.807, 2.05) is 0 Å². The van der Waals surface area contributed by atoms with Gasteiger partial charge in [0, 0.05) is 27.9 Å². The summed E-state index contributed by atoms with van der Waals surface area (Å²) in [5.41, 5.74) is 19.9. The minimum Gasteiger partial charge on any atom is -0.310 e. The Morgan fingerprint density at radius 3 is 1.21 bits per heavy atom. The molecule has 0 saturated carbocycles. The molecule has 1 aliphatic heterocycles. The highest BCUT2D eigenvalue weighted by Gasteiger charge is 2.49. The summed E-state index contributed by atoms with van der Waals surface area (Å²) in [5, 5.41) is 5.70. The molecule has 0 fully saturated rings. The van der Waals surface area contributed by atoms with Gasteiger partial charge in [0.05, 0.1) is 0 Å². The molecule has 10 aromatic carbocycles. The number of nitrogens with zero attached hydrogens (tertiary/aromatic N) is 1. The summed E-state index contributed by atoms with van der Waals surface area (Å²) >= 11 is 0. The Hall–Kier alpha value is -7.78. The van der Waals surface area contributed by atoms with Gasteiger partial charge in [-0.1, -0.05) is 206 Å². The van der Waals surface area contributed by atoms with Gasteiger partial charge in [0.1, 0.15) is 0 Å². The van der Waals surface area contributed by atoms with Gasteiger partial charge in [-0.25, -0.2) is 0 Å². The molecule has 0 radical (unpaired) electrons. The van der Waals surface area contributed by atoms with Gasteiger partial charge in [0.25, 0.3) is 0 Å². The van der Waals surface area contributed by atoms with Crippen LogP contribution in [0.15, 0.2) is 243 Å². The number of rotatable bonds is 7. The minimum absolute atomic E-state index is 0.348. The summed E-state index contributed by atoms with van der Waals surface area (Å²) in [7, 11) is -2.82. The van der Waals surface area contributed by atoms with Crippen LogP contribution in [0.3, 0.4) is 0 Å². The van der Waals surface area contributed by atoms with Gasteiger partial charge in [-0.2, -0.15) is 0 Å². The lowest BCUT2D eigenvalue weighted by molar-refractivity contribution is 0.713. The Morgan fingerprint density at radius 1 is 0.313 bits per heavy atom. The smallest absolute Gasteiger partial charge is 0.180 e. The molecule has 0 spiro atoms. The average Bonchev–Trinajstić information content (AvgIpc) is 3.94. The second-order valence-electron chi connectivity index (χ2n) is 19.1. The van der Waals surface area contributed by atoms with Gasteiger partial charge in [0.2, 0.25) is 0 Å². The first kappa shape index (κ1) is 39.6. The van der Waals surface area contributed by atoms with Crippen molar-refractivity contribution < 1.29 is 0 Å². The van der Waals surface area contributed by atoms with Gasteiger partial charge >= 0.3 is 0 Å². The first-order valence-corrected chi connectivity index (χ1v) is 25.7. The molecule has 2 aliphatic carbocycles. The number of aryl methyl sites for hydroxylation is 1. The SMILES string of the molecule is Cc1cc(N(c2ccc3c(c2)C(C)(c2ccccc2)c2ccccc2-3)c2ccc3c(c2)C(C)(c2ccccc2)c2ccccc2-3)cc([Si]2(c3ccccc3)c3ccccc3-c3ccccc32)c1. The summed E-state index contributed by atoms with van der Waals surface area (Å²) in [4.78, 5) is 2.57. The molecule has 67 heavy (non-hydrogen) atoms. The topological polar surface area (TPSA) is 3.24 Å². The third-order valence-corrected chi connectivity index (χ3v) is 20.6. The van der Waals surface area contributed by atoms with E-state index in [2.05, 4.69) is 268 Å². The van der Waals surface area contributed by atoms with Crippen LogP contribution in [-0.4, -0.2) is 8.07 Å². The summed E-state index contributed by atoms with van der Waals surface area (Å²) in [6.07, 6.45) is 0. The predicted molar refractivity (Wildman–Crippen MR) is 283 cm³/mol. The van der Waals surface area contributed by atoms with E-state index in [0.717, 1.165) is 17.1 Å². The van der Waals surface area contributed by atoms with Gasteiger partial charge < -0.3 is 4.90 Å². The van der Waals surface area contributed by atoms with E-state index in [-0.39, 0.29) is 10.8 Å². The molecule has 1 nitrogen and oxygen atoms in total. The average molecular weight is 872 g/mol. The summed E-state index contributed by atoms with van der Waals surface area (Å²) in [6.45, 7) is 7.14. The van der Waals surface area contributed by atoms with Crippen LogP contribution < -0.4 is 25.6 Å². The van der Waals surface area contributed by atoms with E-state index in [9.17, 15) is 0 Å². The molecule has 10 aromatic rings. The second kappa shape index (κ2) is 14.9. The first-order valence-electron chi connectivity index (χ1n) is 23.7. The maximum absolute atomic E-state index is 2.82. The predicted octanol–water partition coefficient (Wildman–Crippen LogP) is 13.5. The van der Waals surface area contributed by atoms with Crippen molar-refractivity contribution in [2.45, 2.75) is 31.6 Å². The Balaban J connectivity index is 1.09. The molecule has 2 heteroatoms. The summed E-state index contributed by atoms with van der Waals surface area (Å²) in [6, 6.07) is 92.1. The molecule has 0 saturated heterocycles. The summed E-state index contributed by atoms with van der Waals surface area (Å²) in [5.74, 6) is 0. The first-order chi connectivity index (χ1) is 32.9. The van der Waals surface area contributed by atoms with Crippen molar-refractivity contribution in [3.8, 4) is 33.4 Å².